The van der Waals surface area contributed by atoms with Crippen LogP contribution >= 0.6 is 11.6 Å². The van der Waals surface area contributed by atoms with Crippen LogP contribution in [0, 0.1) is 0 Å². The van der Waals surface area contributed by atoms with E-state index in [1.807, 2.05) is 0 Å². The molecular weight excluding hydrogens is 439 g/mol. The van der Waals surface area contributed by atoms with E-state index in [2.05, 4.69) is 0 Å². The van der Waals surface area contributed by atoms with Gasteiger partial charge in [0.1, 0.15) is 5.70 Å². The molecule has 0 saturated carbocycles. The molecule has 0 radical (unpaired) electrons. The molecular formula is C20H15ClF3N3O4. The molecule has 2 unspecified atom stereocenters. The minimum absolute atomic E-state index is 0.0270. The second kappa shape index (κ2) is 7.26. The third-order valence-corrected chi connectivity index (χ3v) is 5.44. The molecule has 4 rings (SSSR count). The van der Waals surface area contributed by atoms with Crippen molar-refractivity contribution in [2.45, 2.75) is 18.8 Å². The largest absolute Gasteiger partial charge is 0.431 e. The summed E-state index contributed by atoms with van der Waals surface area (Å²) in [4.78, 5) is 27.8. The van der Waals surface area contributed by atoms with Crippen molar-refractivity contribution >= 4 is 34.8 Å². The van der Waals surface area contributed by atoms with Crippen molar-refractivity contribution in [3.05, 3.63) is 70.4 Å². The monoisotopic (exact) mass is 453 g/mol. The Kier molecular flexibility index (Phi) is 4.95. The van der Waals surface area contributed by atoms with E-state index in [-0.39, 0.29) is 27.5 Å². The molecule has 2 amide bonds. The third kappa shape index (κ3) is 3.32. The van der Waals surface area contributed by atoms with Gasteiger partial charge in [-0.15, -0.1) is 0 Å². The Labute approximate surface area is 179 Å². The van der Waals surface area contributed by atoms with Gasteiger partial charge in [0.15, 0.2) is 6.23 Å². The first-order valence-corrected chi connectivity index (χ1v) is 9.34. The molecule has 0 spiro atoms. The number of aliphatic hydroxyl groups is 2. The molecule has 2 heterocycles. The SMILES string of the molecule is CN1C(C(F)(F)F)=CC(O)N(c2ccc(Cl)c(N3C(=O)c4ccccc4C3=O)c2)C1O. The van der Waals surface area contributed by atoms with Crippen LogP contribution in [0.3, 0.4) is 0 Å². The van der Waals surface area contributed by atoms with Crippen LogP contribution in [-0.4, -0.2) is 52.7 Å². The average molecular weight is 454 g/mol. The first-order chi connectivity index (χ1) is 14.5. The van der Waals surface area contributed by atoms with Gasteiger partial charge in [-0.25, -0.2) is 4.90 Å². The fraction of sp³-hybridized carbons (Fsp3) is 0.200. The fourth-order valence-corrected chi connectivity index (χ4v) is 3.81. The first-order valence-electron chi connectivity index (χ1n) is 8.96. The highest BCUT2D eigenvalue weighted by atomic mass is 35.5. The number of imide groups is 1. The lowest BCUT2D eigenvalue weighted by molar-refractivity contribution is -0.133. The quantitative estimate of drug-likeness (QED) is 0.680. The van der Waals surface area contributed by atoms with Crippen molar-refractivity contribution in [1.29, 1.82) is 0 Å². The predicted molar refractivity (Wildman–Crippen MR) is 105 cm³/mol. The number of benzene rings is 2. The number of rotatable bonds is 2. The van der Waals surface area contributed by atoms with Gasteiger partial charge in [0.25, 0.3) is 11.8 Å². The van der Waals surface area contributed by atoms with Gasteiger partial charge in [-0.05, 0) is 36.4 Å². The van der Waals surface area contributed by atoms with Gasteiger partial charge in [-0.2, -0.15) is 13.2 Å². The summed E-state index contributed by atoms with van der Waals surface area (Å²) in [5.41, 5.74) is -0.828. The van der Waals surface area contributed by atoms with Gasteiger partial charge in [0.05, 0.1) is 21.8 Å². The Bertz CT molecular complexity index is 1090. The highest BCUT2D eigenvalue weighted by Crippen LogP contribution is 2.39. The number of hydrogen-bond acceptors (Lipinski definition) is 6. The molecule has 11 heteroatoms. The third-order valence-electron chi connectivity index (χ3n) is 5.12. The zero-order valence-electron chi connectivity index (χ0n) is 15.8. The lowest BCUT2D eigenvalue weighted by atomic mass is 10.1. The fourth-order valence-electron chi connectivity index (χ4n) is 3.61. The Morgan fingerprint density at radius 3 is 2.13 bits per heavy atom. The molecule has 0 saturated heterocycles. The molecule has 0 bridgehead atoms. The van der Waals surface area contributed by atoms with Crippen molar-refractivity contribution in [3.63, 3.8) is 0 Å². The van der Waals surface area contributed by atoms with Crippen LogP contribution in [0.1, 0.15) is 20.7 Å². The molecule has 162 valence electrons. The van der Waals surface area contributed by atoms with Crippen LogP contribution in [0.25, 0.3) is 0 Å². The number of amides is 2. The zero-order valence-corrected chi connectivity index (χ0v) is 16.6. The summed E-state index contributed by atoms with van der Waals surface area (Å²) in [6, 6.07) is 10.1. The van der Waals surface area contributed by atoms with Crippen molar-refractivity contribution in [2.75, 3.05) is 16.8 Å². The molecule has 31 heavy (non-hydrogen) atoms. The second-order valence-electron chi connectivity index (χ2n) is 6.95. The van der Waals surface area contributed by atoms with Crippen LogP contribution in [0.4, 0.5) is 24.5 Å². The van der Waals surface area contributed by atoms with Gasteiger partial charge in [0, 0.05) is 12.7 Å². The van der Waals surface area contributed by atoms with Crippen LogP contribution in [0.2, 0.25) is 5.02 Å². The summed E-state index contributed by atoms with van der Waals surface area (Å²) in [6.45, 7) is 0. The maximum absolute atomic E-state index is 13.2. The Balaban J connectivity index is 1.76. The number of nitrogens with zero attached hydrogens (tertiary/aromatic N) is 3. The van der Waals surface area contributed by atoms with Crippen LogP contribution < -0.4 is 9.80 Å². The van der Waals surface area contributed by atoms with E-state index >= 15 is 0 Å². The molecule has 2 aromatic rings. The summed E-state index contributed by atoms with van der Waals surface area (Å²) in [6.07, 6.45) is -7.95. The van der Waals surface area contributed by atoms with Gasteiger partial charge < -0.3 is 15.1 Å². The zero-order chi connectivity index (χ0) is 22.7. The molecule has 2 atom stereocenters. The minimum atomic E-state index is -4.78. The summed E-state index contributed by atoms with van der Waals surface area (Å²) < 4.78 is 39.5. The molecule has 2 aliphatic heterocycles. The normalized spacial score (nSPS) is 21.5. The number of aliphatic hydroxyl groups excluding tert-OH is 2. The maximum Gasteiger partial charge on any atom is 0.431 e. The number of carbonyl (C=O) groups excluding carboxylic acids is 2. The number of allylic oxidation sites excluding steroid dienone is 1. The standard InChI is InChI=1S/C20H15ClF3N3O4/c1-25-15(20(22,23)24)9-16(28)26(19(25)31)10-6-7-13(21)14(8-10)27-17(29)11-4-2-3-5-12(11)18(27)30/h2-9,16,19,28,31H,1H3. The van der Waals surface area contributed by atoms with Crippen molar-refractivity contribution in [2.24, 2.45) is 0 Å². The molecule has 0 aliphatic carbocycles. The average Bonchev–Trinajstić information content (AvgIpc) is 2.96. The first kappa shape index (κ1) is 21.2. The van der Waals surface area contributed by atoms with Crippen LogP contribution in [0.15, 0.2) is 54.2 Å². The molecule has 2 N–H and O–H groups in total. The summed E-state index contributed by atoms with van der Waals surface area (Å²) in [5.74, 6) is -1.23. The van der Waals surface area contributed by atoms with Crippen molar-refractivity contribution in [3.8, 4) is 0 Å². The summed E-state index contributed by atoms with van der Waals surface area (Å²) in [5, 5.41) is 20.8. The van der Waals surface area contributed by atoms with E-state index in [1.165, 1.54) is 30.3 Å². The highest BCUT2D eigenvalue weighted by molar-refractivity contribution is 6.39. The Hall–Kier alpha value is -3.08. The number of anilines is 2. The van der Waals surface area contributed by atoms with Gasteiger partial charge >= 0.3 is 6.18 Å². The van der Waals surface area contributed by atoms with Crippen LogP contribution in [-0.2, 0) is 0 Å². The molecule has 0 fully saturated rings. The minimum Gasteiger partial charge on any atom is -0.370 e. The van der Waals surface area contributed by atoms with Gasteiger partial charge in [0.2, 0.25) is 6.35 Å². The van der Waals surface area contributed by atoms with E-state index in [9.17, 15) is 33.0 Å². The summed E-state index contributed by atoms with van der Waals surface area (Å²) >= 11 is 6.21. The Morgan fingerprint density at radius 2 is 1.58 bits per heavy atom. The lowest BCUT2D eigenvalue weighted by Crippen LogP contribution is -2.56. The molecule has 0 aromatic heterocycles. The predicted octanol–water partition coefficient (Wildman–Crippen LogP) is 2.93. The molecule has 2 aromatic carbocycles. The second-order valence-corrected chi connectivity index (χ2v) is 7.36. The topological polar surface area (TPSA) is 84.3 Å². The molecule has 2 aliphatic rings. The Morgan fingerprint density at radius 1 is 1.00 bits per heavy atom. The van der Waals surface area contributed by atoms with Crippen molar-refractivity contribution < 1.29 is 33.0 Å². The number of carbonyl (C=O) groups is 2. The van der Waals surface area contributed by atoms with Crippen LogP contribution in [0.5, 0.6) is 0 Å². The van der Waals surface area contributed by atoms with Gasteiger partial charge in [-0.3, -0.25) is 14.5 Å². The molecule has 7 nitrogen and oxygen atoms in total. The van der Waals surface area contributed by atoms with E-state index in [4.69, 9.17) is 11.6 Å². The number of alkyl halides is 3. The van der Waals surface area contributed by atoms with E-state index in [1.54, 1.807) is 12.1 Å². The highest BCUT2D eigenvalue weighted by Gasteiger charge is 2.45. The maximum atomic E-state index is 13.2. The van der Waals surface area contributed by atoms with E-state index < -0.39 is 36.3 Å². The number of hydrogen-bond donors (Lipinski definition) is 2. The number of halogens is 4. The van der Waals surface area contributed by atoms with Crippen molar-refractivity contribution in [1.82, 2.24) is 4.90 Å². The number of fused-ring (bicyclic) bond motifs is 1. The van der Waals surface area contributed by atoms with E-state index in [0.29, 0.717) is 11.0 Å². The van der Waals surface area contributed by atoms with Gasteiger partial charge in [-0.1, -0.05) is 23.7 Å². The summed E-state index contributed by atoms with van der Waals surface area (Å²) in [7, 11) is 1.02. The lowest BCUT2D eigenvalue weighted by Gasteiger charge is -2.43. The van der Waals surface area contributed by atoms with E-state index in [0.717, 1.165) is 16.8 Å². The smallest absolute Gasteiger partial charge is 0.370 e.